The molecule has 0 saturated heterocycles. The van der Waals surface area contributed by atoms with Crippen LogP contribution in [0.5, 0.6) is 5.75 Å². The van der Waals surface area contributed by atoms with Gasteiger partial charge in [0.25, 0.3) is 0 Å². The van der Waals surface area contributed by atoms with Gasteiger partial charge in [-0.15, -0.1) is 6.58 Å². The molecule has 0 radical (unpaired) electrons. The Morgan fingerprint density at radius 1 is 1.41 bits per heavy atom. The zero-order valence-electron chi connectivity index (χ0n) is 9.93. The predicted octanol–water partition coefficient (Wildman–Crippen LogP) is 4.06. The van der Waals surface area contributed by atoms with Gasteiger partial charge in [0.05, 0.1) is 11.6 Å². The fourth-order valence-electron chi connectivity index (χ4n) is 1.42. The average molecular weight is 274 g/mol. The summed E-state index contributed by atoms with van der Waals surface area (Å²) in [6.45, 7) is 7.75. The first-order chi connectivity index (χ1) is 8.19. The summed E-state index contributed by atoms with van der Waals surface area (Å²) in [5.74, 6) is 0.717. The lowest BCUT2D eigenvalue weighted by Crippen LogP contribution is -2.14. The Hall–Kier alpha value is -0.700. The number of nitrogens with one attached hydrogen (secondary N) is 1. The van der Waals surface area contributed by atoms with Crippen LogP contribution in [0.25, 0.3) is 0 Å². The van der Waals surface area contributed by atoms with Crippen LogP contribution in [0, 0.1) is 0 Å². The summed E-state index contributed by atoms with van der Waals surface area (Å²) < 4.78 is 5.65. The minimum absolute atomic E-state index is 0.557. The Morgan fingerprint density at radius 3 is 2.82 bits per heavy atom. The maximum absolute atomic E-state index is 6.13. The van der Waals surface area contributed by atoms with Crippen molar-refractivity contribution in [1.29, 1.82) is 0 Å². The van der Waals surface area contributed by atoms with Gasteiger partial charge in [0.2, 0.25) is 0 Å². The molecule has 4 heteroatoms. The Labute approximate surface area is 113 Å². The summed E-state index contributed by atoms with van der Waals surface area (Å²) in [5, 5.41) is 4.38. The Kier molecular flexibility index (Phi) is 6.41. The first-order valence-corrected chi connectivity index (χ1v) is 6.37. The van der Waals surface area contributed by atoms with Gasteiger partial charge in [-0.1, -0.05) is 36.2 Å². The van der Waals surface area contributed by atoms with Crippen LogP contribution < -0.4 is 10.1 Å². The van der Waals surface area contributed by atoms with Crippen molar-refractivity contribution in [2.45, 2.75) is 19.9 Å². The van der Waals surface area contributed by atoms with Gasteiger partial charge in [0.1, 0.15) is 5.75 Å². The molecule has 0 aliphatic heterocycles. The second-order valence-electron chi connectivity index (χ2n) is 3.64. The lowest BCUT2D eigenvalue weighted by Gasteiger charge is -2.13. The van der Waals surface area contributed by atoms with Crippen LogP contribution in [0.1, 0.15) is 18.9 Å². The van der Waals surface area contributed by atoms with Crippen molar-refractivity contribution in [2.24, 2.45) is 0 Å². The molecular formula is C13H17Cl2NO. The summed E-state index contributed by atoms with van der Waals surface area (Å²) >= 11 is 12.1. The van der Waals surface area contributed by atoms with E-state index in [2.05, 4.69) is 18.8 Å². The number of hydrogen-bond acceptors (Lipinski definition) is 2. The van der Waals surface area contributed by atoms with Crippen LogP contribution in [-0.2, 0) is 6.54 Å². The third kappa shape index (κ3) is 4.58. The molecule has 1 aromatic rings. The molecule has 0 unspecified atom stereocenters. The van der Waals surface area contributed by atoms with Crippen LogP contribution in [0.3, 0.4) is 0 Å². The van der Waals surface area contributed by atoms with Crippen molar-refractivity contribution in [3.8, 4) is 5.75 Å². The first kappa shape index (κ1) is 14.4. The van der Waals surface area contributed by atoms with Gasteiger partial charge in [-0.25, -0.2) is 0 Å². The second-order valence-corrected chi connectivity index (χ2v) is 4.49. The van der Waals surface area contributed by atoms with Crippen LogP contribution in [0.4, 0.5) is 0 Å². The second kappa shape index (κ2) is 7.59. The summed E-state index contributed by atoms with van der Waals surface area (Å²) in [7, 11) is 0. The number of benzene rings is 1. The molecule has 0 aromatic heterocycles. The van der Waals surface area contributed by atoms with Crippen LogP contribution in [0.2, 0.25) is 10.0 Å². The van der Waals surface area contributed by atoms with Gasteiger partial charge < -0.3 is 10.1 Å². The third-order valence-corrected chi connectivity index (χ3v) is 2.64. The lowest BCUT2D eigenvalue weighted by atomic mass is 10.2. The van der Waals surface area contributed by atoms with Crippen molar-refractivity contribution >= 4 is 23.2 Å². The molecule has 1 aromatic carbocycles. The van der Waals surface area contributed by atoms with E-state index in [1.807, 2.05) is 6.07 Å². The van der Waals surface area contributed by atoms with Crippen molar-refractivity contribution < 1.29 is 4.74 Å². The largest absolute Gasteiger partial charge is 0.492 e. The highest BCUT2D eigenvalue weighted by molar-refractivity contribution is 6.35. The van der Waals surface area contributed by atoms with Crippen LogP contribution in [-0.4, -0.2) is 13.2 Å². The fraction of sp³-hybridized carbons (Fsp3) is 0.385. The summed E-state index contributed by atoms with van der Waals surface area (Å²) in [5.41, 5.74) is 0.970. The lowest BCUT2D eigenvalue weighted by molar-refractivity contribution is 0.313. The predicted molar refractivity (Wildman–Crippen MR) is 74.2 cm³/mol. The maximum atomic E-state index is 6.13. The van der Waals surface area contributed by atoms with Gasteiger partial charge >= 0.3 is 0 Å². The van der Waals surface area contributed by atoms with E-state index in [1.165, 1.54) is 0 Å². The molecule has 0 spiro atoms. The third-order valence-electron chi connectivity index (χ3n) is 2.14. The number of halogens is 2. The molecule has 94 valence electrons. The van der Waals surface area contributed by atoms with E-state index in [1.54, 1.807) is 12.1 Å². The van der Waals surface area contributed by atoms with E-state index in [-0.39, 0.29) is 0 Å². The molecule has 0 atom stereocenters. The molecule has 1 rings (SSSR count). The molecule has 0 bridgehead atoms. The topological polar surface area (TPSA) is 21.3 Å². The Balaban J connectivity index is 2.85. The monoisotopic (exact) mass is 273 g/mol. The smallest absolute Gasteiger partial charge is 0.142 e. The van der Waals surface area contributed by atoms with E-state index in [0.717, 1.165) is 24.3 Å². The number of ether oxygens (including phenoxy) is 1. The molecule has 1 N–H and O–H groups in total. The van der Waals surface area contributed by atoms with Crippen molar-refractivity contribution in [3.63, 3.8) is 0 Å². The maximum Gasteiger partial charge on any atom is 0.142 e. The summed E-state index contributed by atoms with van der Waals surface area (Å²) in [6, 6.07) is 3.57. The summed E-state index contributed by atoms with van der Waals surface area (Å²) in [6.07, 6.45) is 2.75. The molecule has 0 saturated carbocycles. The van der Waals surface area contributed by atoms with Crippen molar-refractivity contribution in [3.05, 3.63) is 40.4 Å². The van der Waals surface area contributed by atoms with Crippen LogP contribution >= 0.6 is 23.2 Å². The van der Waals surface area contributed by atoms with E-state index >= 15 is 0 Å². The molecule has 0 aliphatic carbocycles. The highest BCUT2D eigenvalue weighted by Gasteiger charge is 2.10. The van der Waals surface area contributed by atoms with Gasteiger partial charge in [-0.3, -0.25) is 0 Å². The molecule has 0 amide bonds. The standard InChI is InChI=1S/C13H17Cl2NO/c1-3-5-16-9-10-7-11(14)8-12(15)13(10)17-6-4-2/h3,7-8,16H,1,4-6,9H2,2H3. The van der Waals surface area contributed by atoms with Crippen LogP contribution in [0.15, 0.2) is 24.8 Å². The SMILES string of the molecule is C=CCNCc1cc(Cl)cc(Cl)c1OCCC. The van der Waals surface area contributed by atoms with Gasteiger partial charge in [-0.05, 0) is 18.6 Å². The van der Waals surface area contributed by atoms with Crippen molar-refractivity contribution in [2.75, 3.05) is 13.2 Å². The van der Waals surface area contributed by atoms with Gasteiger partial charge in [-0.2, -0.15) is 0 Å². The highest BCUT2D eigenvalue weighted by Crippen LogP contribution is 2.32. The minimum atomic E-state index is 0.557. The van der Waals surface area contributed by atoms with E-state index in [9.17, 15) is 0 Å². The average Bonchev–Trinajstić information content (AvgIpc) is 2.28. The molecule has 0 aliphatic rings. The highest BCUT2D eigenvalue weighted by atomic mass is 35.5. The molecule has 0 heterocycles. The summed E-state index contributed by atoms with van der Waals surface area (Å²) in [4.78, 5) is 0. The molecule has 0 fully saturated rings. The number of rotatable bonds is 7. The fourth-order valence-corrected chi connectivity index (χ4v) is 2.01. The van der Waals surface area contributed by atoms with Gasteiger partial charge in [0.15, 0.2) is 0 Å². The van der Waals surface area contributed by atoms with Crippen molar-refractivity contribution in [1.82, 2.24) is 5.32 Å². The molecule has 2 nitrogen and oxygen atoms in total. The zero-order valence-corrected chi connectivity index (χ0v) is 11.4. The van der Waals surface area contributed by atoms with E-state index in [0.29, 0.717) is 23.2 Å². The van der Waals surface area contributed by atoms with E-state index in [4.69, 9.17) is 27.9 Å². The Bertz CT molecular complexity index is 380. The quantitative estimate of drug-likeness (QED) is 0.598. The Morgan fingerprint density at radius 2 is 2.18 bits per heavy atom. The minimum Gasteiger partial charge on any atom is -0.492 e. The van der Waals surface area contributed by atoms with Gasteiger partial charge in [0, 0.05) is 23.7 Å². The van der Waals surface area contributed by atoms with E-state index < -0.39 is 0 Å². The number of hydrogen-bond donors (Lipinski definition) is 1. The molecule has 17 heavy (non-hydrogen) atoms. The molecular weight excluding hydrogens is 257 g/mol. The zero-order chi connectivity index (χ0) is 12.7. The first-order valence-electron chi connectivity index (χ1n) is 5.61. The normalized spacial score (nSPS) is 10.3.